The summed E-state index contributed by atoms with van der Waals surface area (Å²) in [5.41, 5.74) is 1.55. The van der Waals surface area contributed by atoms with Crippen molar-refractivity contribution >= 4 is 29.4 Å². The van der Waals surface area contributed by atoms with E-state index in [1.54, 1.807) is 12.1 Å². The third-order valence-electron chi connectivity index (χ3n) is 4.97. The topological polar surface area (TPSA) is 125 Å². The molecule has 30 heavy (non-hydrogen) atoms. The molecule has 2 heterocycles. The van der Waals surface area contributed by atoms with Crippen molar-refractivity contribution in [3.63, 3.8) is 0 Å². The van der Waals surface area contributed by atoms with E-state index in [0.29, 0.717) is 34.5 Å². The van der Waals surface area contributed by atoms with E-state index in [1.807, 2.05) is 6.92 Å². The number of carbonyl (C=O) groups is 3. The third kappa shape index (κ3) is 6.47. The zero-order valence-corrected chi connectivity index (χ0v) is 17.7. The minimum atomic E-state index is -1.26. The standard InChI is InChI=1S/C17H23ClN2O2.C4H4O4/c1-3-14(15-5-4-8-19-15)20-17(21)11-6-7-13(18)12-9-10(2)22-16(11)12;5-3(6)1-2-4(7)8/h6-7,10,14-15,19H,3-5,8-9H2,1-2H3,(H,20,21);1-2H,(H,5,6)(H,7,8). The lowest BCUT2D eigenvalue weighted by Gasteiger charge is -2.24. The van der Waals surface area contributed by atoms with Gasteiger partial charge in [-0.3, -0.25) is 4.79 Å². The van der Waals surface area contributed by atoms with Gasteiger partial charge in [-0.25, -0.2) is 9.59 Å². The van der Waals surface area contributed by atoms with Crippen molar-refractivity contribution in [1.82, 2.24) is 10.6 Å². The number of hydrogen-bond acceptors (Lipinski definition) is 5. The number of aliphatic carboxylic acids is 2. The molecule has 0 spiro atoms. The van der Waals surface area contributed by atoms with Crippen LogP contribution in [0.4, 0.5) is 0 Å². The second-order valence-corrected chi connectivity index (χ2v) is 7.64. The van der Waals surface area contributed by atoms with E-state index in [2.05, 4.69) is 17.6 Å². The van der Waals surface area contributed by atoms with Gasteiger partial charge in [-0.15, -0.1) is 0 Å². The van der Waals surface area contributed by atoms with Crippen LogP contribution in [0, 0.1) is 0 Å². The van der Waals surface area contributed by atoms with Crippen LogP contribution in [0.25, 0.3) is 0 Å². The minimum absolute atomic E-state index is 0.0671. The smallest absolute Gasteiger partial charge is 0.328 e. The predicted octanol–water partition coefficient (Wildman–Crippen LogP) is 2.64. The molecule has 1 fully saturated rings. The summed E-state index contributed by atoms with van der Waals surface area (Å²) < 4.78 is 5.82. The Labute approximate surface area is 180 Å². The van der Waals surface area contributed by atoms with E-state index in [9.17, 15) is 14.4 Å². The molecule has 2 aliphatic heterocycles. The average Bonchev–Trinajstić information content (AvgIpc) is 3.35. The van der Waals surface area contributed by atoms with Gasteiger partial charge in [-0.2, -0.15) is 0 Å². The van der Waals surface area contributed by atoms with Gasteiger partial charge in [0.15, 0.2) is 0 Å². The molecule has 164 valence electrons. The number of carboxylic acids is 2. The largest absolute Gasteiger partial charge is 0.489 e. The number of halogens is 1. The van der Waals surface area contributed by atoms with Crippen molar-refractivity contribution in [1.29, 1.82) is 0 Å². The lowest BCUT2D eigenvalue weighted by Crippen LogP contribution is -2.47. The SMILES string of the molecule is CCC(NC(=O)c1ccc(Cl)c2c1OC(C)C2)C1CCCN1.O=C(O)C=CC(=O)O. The lowest BCUT2D eigenvalue weighted by molar-refractivity contribution is -0.134. The van der Waals surface area contributed by atoms with Crippen molar-refractivity contribution in [2.45, 2.75) is 57.7 Å². The number of rotatable bonds is 6. The van der Waals surface area contributed by atoms with Gasteiger partial charge in [0.05, 0.1) is 5.56 Å². The molecule has 4 N–H and O–H groups in total. The van der Waals surface area contributed by atoms with Crippen molar-refractivity contribution < 1.29 is 29.3 Å². The molecular weight excluding hydrogens is 412 g/mol. The number of ether oxygens (including phenoxy) is 1. The average molecular weight is 439 g/mol. The van der Waals surface area contributed by atoms with E-state index in [0.717, 1.165) is 31.4 Å². The van der Waals surface area contributed by atoms with E-state index < -0.39 is 11.9 Å². The van der Waals surface area contributed by atoms with Crippen LogP contribution in [-0.2, 0) is 16.0 Å². The summed E-state index contributed by atoms with van der Waals surface area (Å²) in [7, 11) is 0. The molecule has 3 unspecified atom stereocenters. The lowest BCUT2D eigenvalue weighted by atomic mass is 10.0. The van der Waals surface area contributed by atoms with Crippen LogP contribution in [-0.4, -0.2) is 52.8 Å². The van der Waals surface area contributed by atoms with Gasteiger partial charge in [0.1, 0.15) is 11.9 Å². The Hall–Kier alpha value is -2.58. The van der Waals surface area contributed by atoms with E-state index in [-0.39, 0.29) is 18.1 Å². The first-order valence-electron chi connectivity index (χ1n) is 9.89. The highest BCUT2D eigenvalue weighted by Crippen LogP contribution is 2.37. The Morgan fingerprint density at radius 3 is 2.50 bits per heavy atom. The van der Waals surface area contributed by atoms with Gasteiger partial charge in [0.25, 0.3) is 5.91 Å². The summed E-state index contributed by atoms with van der Waals surface area (Å²) in [5.74, 6) is -1.92. The summed E-state index contributed by atoms with van der Waals surface area (Å²) in [6.45, 7) is 5.14. The van der Waals surface area contributed by atoms with Crippen molar-refractivity contribution in [2.75, 3.05) is 6.54 Å². The fourth-order valence-electron chi connectivity index (χ4n) is 3.57. The van der Waals surface area contributed by atoms with Gasteiger partial charge in [-0.05, 0) is 44.9 Å². The molecule has 2 aliphatic rings. The van der Waals surface area contributed by atoms with Crippen LogP contribution >= 0.6 is 11.6 Å². The van der Waals surface area contributed by atoms with Crippen LogP contribution in [0.2, 0.25) is 5.02 Å². The number of fused-ring (bicyclic) bond motifs is 1. The summed E-state index contributed by atoms with van der Waals surface area (Å²) >= 11 is 6.23. The Kier molecular flexibility index (Phi) is 8.68. The molecule has 0 aromatic heterocycles. The molecule has 8 nitrogen and oxygen atoms in total. The molecule has 1 aromatic carbocycles. The Morgan fingerprint density at radius 1 is 1.30 bits per heavy atom. The van der Waals surface area contributed by atoms with Crippen LogP contribution < -0.4 is 15.4 Å². The minimum Gasteiger partial charge on any atom is -0.489 e. The monoisotopic (exact) mass is 438 g/mol. The normalized spacial score (nSPS) is 20.6. The van der Waals surface area contributed by atoms with Gasteiger partial charge >= 0.3 is 11.9 Å². The second kappa shape index (κ2) is 11.0. The highest BCUT2D eigenvalue weighted by atomic mass is 35.5. The number of carbonyl (C=O) groups excluding carboxylic acids is 1. The van der Waals surface area contributed by atoms with Crippen LogP contribution in [0.1, 0.15) is 49.0 Å². The van der Waals surface area contributed by atoms with E-state index in [1.165, 1.54) is 6.42 Å². The summed E-state index contributed by atoms with van der Waals surface area (Å²) in [6.07, 6.45) is 5.15. The highest BCUT2D eigenvalue weighted by Gasteiger charge is 2.30. The maximum Gasteiger partial charge on any atom is 0.328 e. The number of amides is 1. The molecule has 3 atom stereocenters. The Morgan fingerprint density at radius 2 is 1.97 bits per heavy atom. The van der Waals surface area contributed by atoms with Crippen LogP contribution in [0.15, 0.2) is 24.3 Å². The number of carboxylic acid groups (broad SMARTS) is 2. The predicted molar refractivity (Wildman–Crippen MR) is 112 cm³/mol. The first-order valence-corrected chi connectivity index (χ1v) is 10.3. The maximum absolute atomic E-state index is 12.7. The quantitative estimate of drug-likeness (QED) is 0.503. The molecule has 0 aliphatic carbocycles. The van der Waals surface area contributed by atoms with Crippen molar-refractivity contribution in [3.05, 3.63) is 40.4 Å². The van der Waals surface area contributed by atoms with Crippen LogP contribution in [0.5, 0.6) is 5.75 Å². The molecule has 1 aromatic rings. The van der Waals surface area contributed by atoms with Crippen molar-refractivity contribution in [2.24, 2.45) is 0 Å². The second-order valence-electron chi connectivity index (χ2n) is 7.24. The van der Waals surface area contributed by atoms with Gasteiger partial charge < -0.3 is 25.6 Å². The number of nitrogens with one attached hydrogen (secondary N) is 2. The first-order chi connectivity index (χ1) is 14.2. The molecule has 0 radical (unpaired) electrons. The Balaban J connectivity index is 0.000000343. The van der Waals surface area contributed by atoms with E-state index in [4.69, 9.17) is 26.6 Å². The van der Waals surface area contributed by atoms with Crippen molar-refractivity contribution in [3.8, 4) is 5.75 Å². The Bertz CT molecular complexity index is 804. The third-order valence-corrected chi connectivity index (χ3v) is 5.32. The van der Waals surface area contributed by atoms with E-state index >= 15 is 0 Å². The molecule has 0 bridgehead atoms. The van der Waals surface area contributed by atoms with Gasteiger partial charge in [-0.1, -0.05) is 18.5 Å². The fraction of sp³-hybridized carbons (Fsp3) is 0.476. The first kappa shape index (κ1) is 23.7. The zero-order valence-electron chi connectivity index (χ0n) is 17.0. The zero-order chi connectivity index (χ0) is 22.3. The number of benzene rings is 1. The fourth-order valence-corrected chi connectivity index (χ4v) is 3.79. The summed E-state index contributed by atoms with van der Waals surface area (Å²) in [5, 5.41) is 22.9. The summed E-state index contributed by atoms with van der Waals surface area (Å²) in [4.78, 5) is 31.8. The molecule has 9 heteroatoms. The molecule has 1 saturated heterocycles. The molecular formula is C21H27ClN2O6. The molecule has 1 amide bonds. The van der Waals surface area contributed by atoms with Gasteiger partial charge in [0.2, 0.25) is 0 Å². The molecule has 3 rings (SSSR count). The maximum atomic E-state index is 12.7. The van der Waals surface area contributed by atoms with Crippen LogP contribution in [0.3, 0.4) is 0 Å². The van der Waals surface area contributed by atoms with Gasteiger partial charge in [0, 0.05) is 41.2 Å². The summed E-state index contributed by atoms with van der Waals surface area (Å²) in [6, 6.07) is 4.09. The number of hydrogen-bond donors (Lipinski definition) is 4. The molecule has 0 saturated carbocycles. The highest BCUT2D eigenvalue weighted by molar-refractivity contribution is 6.31.